The Morgan fingerprint density at radius 2 is 2.00 bits per heavy atom. The third-order valence-electron chi connectivity index (χ3n) is 2.77. The first-order chi connectivity index (χ1) is 8.58. The van der Waals surface area contributed by atoms with E-state index in [1.54, 1.807) is 25.1 Å². The Bertz CT molecular complexity index is 472. The third-order valence-corrected chi connectivity index (χ3v) is 2.77. The van der Waals surface area contributed by atoms with Crippen molar-refractivity contribution in [2.75, 3.05) is 6.61 Å². The first-order valence-electron chi connectivity index (χ1n) is 5.77. The van der Waals surface area contributed by atoms with Crippen molar-refractivity contribution >= 4 is 11.7 Å². The molecule has 0 bridgehead atoms. The van der Waals surface area contributed by atoms with Crippen LogP contribution >= 0.6 is 0 Å². The number of nitrogens with one attached hydrogen (secondary N) is 1. The summed E-state index contributed by atoms with van der Waals surface area (Å²) in [6.07, 6.45) is -0.721. The van der Waals surface area contributed by atoms with Crippen LogP contribution < -0.4 is 14.8 Å². The summed E-state index contributed by atoms with van der Waals surface area (Å²) in [4.78, 5) is 22.9. The second-order valence-electron chi connectivity index (χ2n) is 4.21. The van der Waals surface area contributed by atoms with E-state index >= 15 is 0 Å². The number of benzene rings is 1. The molecule has 2 atom stereocenters. The number of Topliss-reactive ketones (excluding diaryl/α,β-unsaturated/α-hetero) is 1. The Kier molecular flexibility index (Phi) is 3.50. The number of hydrogen-bond donors (Lipinski definition) is 1. The van der Waals surface area contributed by atoms with Crippen LogP contribution in [0.15, 0.2) is 24.3 Å². The number of ether oxygens (including phenoxy) is 2. The fourth-order valence-corrected chi connectivity index (χ4v) is 1.56. The van der Waals surface area contributed by atoms with Crippen molar-refractivity contribution in [2.24, 2.45) is 0 Å². The quantitative estimate of drug-likeness (QED) is 0.865. The lowest BCUT2D eigenvalue weighted by Crippen LogP contribution is -2.48. The van der Waals surface area contributed by atoms with E-state index in [1.165, 1.54) is 6.92 Å². The van der Waals surface area contributed by atoms with Crippen LogP contribution in [0.2, 0.25) is 0 Å². The normalized spacial score (nSPS) is 18.9. The van der Waals surface area contributed by atoms with Crippen molar-refractivity contribution in [3.05, 3.63) is 24.3 Å². The highest BCUT2D eigenvalue weighted by Gasteiger charge is 2.28. The summed E-state index contributed by atoms with van der Waals surface area (Å²) in [6.45, 7) is 3.21. The number of hydrogen-bond acceptors (Lipinski definition) is 4. The van der Waals surface area contributed by atoms with Gasteiger partial charge in [0.25, 0.3) is 5.91 Å². The second-order valence-corrected chi connectivity index (χ2v) is 4.21. The number of carbonyl (C=O) groups excluding carboxylic acids is 2. The lowest BCUT2D eigenvalue weighted by atomic mass is 10.2. The van der Waals surface area contributed by atoms with Gasteiger partial charge in [-0.1, -0.05) is 12.1 Å². The summed E-state index contributed by atoms with van der Waals surface area (Å²) < 4.78 is 11.0. The number of fused-ring (bicyclic) bond motifs is 1. The van der Waals surface area contributed by atoms with Crippen LogP contribution in [0, 0.1) is 0 Å². The molecule has 96 valence electrons. The van der Waals surface area contributed by atoms with Gasteiger partial charge in [-0.2, -0.15) is 0 Å². The number of carbonyl (C=O) groups is 2. The average molecular weight is 249 g/mol. The fourth-order valence-electron chi connectivity index (χ4n) is 1.56. The Morgan fingerprint density at radius 1 is 1.33 bits per heavy atom. The molecule has 1 amide bonds. The molecule has 18 heavy (non-hydrogen) atoms. The molecule has 2 rings (SSSR count). The molecule has 1 aliphatic rings. The van der Waals surface area contributed by atoms with Gasteiger partial charge in [-0.05, 0) is 26.0 Å². The van der Waals surface area contributed by atoms with Crippen LogP contribution in [-0.4, -0.2) is 30.4 Å². The third kappa shape index (κ3) is 2.61. The van der Waals surface area contributed by atoms with Crippen LogP contribution in [0.5, 0.6) is 11.5 Å². The minimum absolute atomic E-state index is 0.0968. The van der Waals surface area contributed by atoms with E-state index in [0.29, 0.717) is 11.5 Å². The van der Waals surface area contributed by atoms with Crippen LogP contribution in [0.3, 0.4) is 0 Å². The van der Waals surface area contributed by atoms with Gasteiger partial charge in [-0.25, -0.2) is 0 Å². The maximum Gasteiger partial charge on any atom is 0.265 e. The Morgan fingerprint density at radius 3 is 2.67 bits per heavy atom. The number of para-hydroxylation sites is 2. The van der Waals surface area contributed by atoms with Gasteiger partial charge < -0.3 is 14.8 Å². The highest BCUT2D eigenvalue weighted by molar-refractivity contribution is 5.89. The Hall–Kier alpha value is -2.04. The Balaban J connectivity index is 2.00. The van der Waals surface area contributed by atoms with Crippen LogP contribution in [0.25, 0.3) is 0 Å². The molecule has 5 nitrogen and oxygen atoms in total. The van der Waals surface area contributed by atoms with Gasteiger partial charge in [-0.3, -0.25) is 9.59 Å². The van der Waals surface area contributed by atoms with Gasteiger partial charge in [0.2, 0.25) is 6.10 Å². The molecule has 5 heteroatoms. The largest absolute Gasteiger partial charge is 0.485 e. The van der Waals surface area contributed by atoms with Crippen LogP contribution in [0.4, 0.5) is 0 Å². The van der Waals surface area contributed by atoms with Crippen molar-refractivity contribution < 1.29 is 19.1 Å². The summed E-state index contributed by atoms with van der Waals surface area (Å²) in [5.74, 6) is 0.730. The minimum Gasteiger partial charge on any atom is -0.485 e. The van der Waals surface area contributed by atoms with Gasteiger partial charge in [0.1, 0.15) is 6.61 Å². The smallest absolute Gasteiger partial charge is 0.265 e. The average Bonchev–Trinajstić information content (AvgIpc) is 2.37. The van der Waals surface area contributed by atoms with Gasteiger partial charge in [0.05, 0.1) is 6.04 Å². The standard InChI is InChI=1S/C13H15NO4/c1-8(9(2)15)14-13(16)12-7-17-10-5-3-4-6-11(10)18-12/h3-6,8,12H,7H2,1-2H3,(H,14,16). The molecule has 2 unspecified atom stereocenters. The van der Waals surface area contributed by atoms with Gasteiger partial charge >= 0.3 is 0 Å². The molecule has 0 radical (unpaired) electrons. The molecular weight excluding hydrogens is 234 g/mol. The first kappa shape index (κ1) is 12.4. The zero-order valence-corrected chi connectivity index (χ0v) is 10.3. The van der Waals surface area contributed by atoms with E-state index in [1.807, 2.05) is 6.07 Å². The van der Waals surface area contributed by atoms with Crippen LogP contribution in [-0.2, 0) is 9.59 Å². The molecule has 0 aromatic heterocycles. The summed E-state index contributed by atoms with van der Waals surface area (Å²) >= 11 is 0. The molecule has 0 saturated carbocycles. The molecule has 1 aromatic carbocycles. The summed E-state index contributed by atoms with van der Waals surface area (Å²) in [5, 5.41) is 2.59. The zero-order chi connectivity index (χ0) is 13.1. The van der Waals surface area contributed by atoms with E-state index in [0.717, 1.165) is 0 Å². The summed E-state index contributed by atoms with van der Waals surface area (Å²) in [7, 11) is 0. The number of amides is 1. The van der Waals surface area contributed by atoms with Gasteiger partial charge in [0.15, 0.2) is 17.3 Å². The molecule has 0 fully saturated rings. The van der Waals surface area contributed by atoms with E-state index < -0.39 is 12.1 Å². The lowest BCUT2D eigenvalue weighted by Gasteiger charge is -2.26. The zero-order valence-electron chi connectivity index (χ0n) is 10.3. The minimum atomic E-state index is -0.721. The monoisotopic (exact) mass is 249 g/mol. The van der Waals surface area contributed by atoms with Crippen molar-refractivity contribution in [3.63, 3.8) is 0 Å². The molecular formula is C13H15NO4. The SMILES string of the molecule is CC(=O)C(C)NC(=O)C1COc2ccccc2O1. The molecule has 1 heterocycles. The number of rotatable bonds is 3. The molecule has 0 saturated heterocycles. The highest BCUT2D eigenvalue weighted by atomic mass is 16.6. The molecule has 1 aliphatic heterocycles. The van der Waals surface area contributed by atoms with E-state index in [4.69, 9.17) is 9.47 Å². The van der Waals surface area contributed by atoms with Gasteiger partial charge in [-0.15, -0.1) is 0 Å². The van der Waals surface area contributed by atoms with E-state index in [-0.39, 0.29) is 18.3 Å². The lowest BCUT2D eigenvalue weighted by molar-refractivity contribution is -0.133. The fraction of sp³-hybridized carbons (Fsp3) is 0.385. The molecule has 1 N–H and O–H groups in total. The van der Waals surface area contributed by atoms with E-state index in [9.17, 15) is 9.59 Å². The molecule has 0 aliphatic carbocycles. The maximum atomic E-state index is 11.9. The topological polar surface area (TPSA) is 64.6 Å². The highest BCUT2D eigenvalue weighted by Crippen LogP contribution is 2.30. The number of ketones is 1. The predicted octanol–water partition coefficient (Wildman–Crippen LogP) is 0.920. The summed E-state index contributed by atoms with van der Waals surface area (Å²) in [5.41, 5.74) is 0. The first-order valence-corrected chi connectivity index (χ1v) is 5.77. The van der Waals surface area contributed by atoms with Gasteiger partial charge in [0, 0.05) is 0 Å². The predicted molar refractivity (Wildman–Crippen MR) is 64.6 cm³/mol. The summed E-state index contributed by atoms with van der Waals surface area (Å²) in [6, 6.07) is 6.64. The van der Waals surface area contributed by atoms with Crippen molar-refractivity contribution in [3.8, 4) is 11.5 Å². The van der Waals surface area contributed by atoms with Crippen molar-refractivity contribution in [1.29, 1.82) is 0 Å². The second kappa shape index (κ2) is 5.08. The molecule has 1 aromatic rings. The van der Waals surface area contributed by atoms with Crippen LogP contribution in [0.1, 0.15) is 13.8 Å². The maximum absolute atomic E-state index is 11.9. The van der Waals surface area contributed by atoms with Crippen molar-refractivity contribution in [1.82, 2.24) is 5.32 Å². The Labute approximate surface area is 105 Å². The molecule has 0 spiro atoms. The van der Waals surface area contributed by atoms with Crippen molar-refractivity contribution in [2.45, 2.75) is 26.0 Å². The van der Waals surface area contributed by atoms with E-state index in [2.05, 4.69) is 5.32 Å².